The fourth-order valence-corrected chi connectivity index (χ4v) is 4.20. The van der Waals surface area contributed by atoms with Crippen molar-refractivity contribution in [1.82, 2.24) is 0 Å². The minimum atomic E-state index is -4.23. The number of hydrogen-bond donors (Lipinski definition) is 2. The summed E-state index contributed by atoms with van der Waals surface area (Å²) in [6.07, 6.45) is 0.585. The quantitative estimate of drug-likeness (QED) is 0.546. The van der Waals surface area contributed by atoms with Crippen molar-refractivity contribution >= 4 is 43.3 Å². The van der Waals surface area contributed by atoms with Crippen molar-refractivity contribution in [3.05, 3.63) is 0 Å². The lowest BCUT2D eigenvalue weighted by atomic mass is 10.3. The Hall–Kier alpha value is -0.380. The van der Waals surface area contributed by atoms with Crippen LogP contribution in [0.25, 0.3) is 0 Å². The molecule has 0 aromatic rings. The van der Waals surface area contributed by atoms with Crippen LogP contribution in [0, 0.1) is 0 Å². The van der Waals surface area contributed by atoms with Crippen LogP contribution in [0.5, 0.6) is 0 Å². The first kappa shape index (κ1) is 16.6. The summed E-state index contributed by atoms with van der Waals surface area (Å²) >= 11 is 2.22. The number of rotatable bonds is 6. The first-order valence-electron chi connectivity index (χ1n) is 4.76. The van der Waals surface area contributed by atoms with Gasteiger partial charge in [0.05, 0.1) is 0 Å². The molecule has 100 valence electrons. The average Bonchev–Trinajstić information content (AvgIpc) is 2.23. The monoisotopic (exact) mass is 302 g/mol. The molecule has 0 bridgehead atoms. The van der Waals surface area contributed by atoms with Crippen LogP contribution in [0.3, 0.4) is 0 Å². The molecule has 17 heavy (non-hydrogen) atoms. The molecule has 0 saturated carbocycles. The molecule has 9 heteroatoms. The van der Waals surface area contributed by atoms with Gasteiger partial charge in [-0.3, -0.25) is 4.79 Å². The molecule has 6 nitrogen and oxygen atoms in total. The molecule has 2 N–H and O–H groups in total. The Morgan fingerprint density at radius 3 is 2.24 bits per heavy atom. The third-order valence-corrected chi connectivity index (χ3v) is 6.37. The predicted molar refractivity (Wildman–Crippen MR) is 68.1 cm³/mol. The van der Waals surface area contributed by atoms with Crippen molar-refractivity contribution in [2.75, 3.05) is 0 Å². The molecule has 0 saturated heterocycles. The van der Waals surface area contributed by atoms with Gasteiger partial charge in [-0.15, -0.1) is 0 Å². The highest BCUT2D eigenvalue weighted by Gasteiger charge is 2.37. The van der Waals surface area contributed by atoms with Gasteiger partial charge in [0.1, 0.15) is 9.45 Å². The van der Waals surface area contributed by atoms with Gasteiger partial charge < -0.3 is 9.66 Å². The molecule has 0 aliphatic heterocycles. The van der Waals surface area contributed by atoms with Crippen LogP contribution in [0.4, 0.5) is 0 Å². The average molecular weight is 302 g/mol. The summed E-state index contributed by atoms with van der Waals surface area (Å²) in [5.41, 5.74) is 0. The van der Waals surface area contributed by atoms with Crippen LogP contribution in [0.1, 0.15) is 26.7 Å². The minimum absolute atomic E-state index is 0.119. The standard InChI is InChI=1S/C8H14O6S3/c1-3-4-6(16(11)12)8(15)17(13,14)5(2)7(9)10/h5-6H,3-4H2,1-2H3,(H,9,10)(H,11,12). The van der Waals surface area contributed by atoms with Gasteiger partial charge in [0.2, 0.25) is 0 Å². The molecule has 0 heterocycles. The largest absolute Gasteiger partial charge is 0.480 e. The lowest BCUT2D eigenvalue weighted by Gasteiger charge is -2.15. The molecule has 0 aromatic carbocycles. The first-order valence-corrected chi connectivity index (χ1v) is 7.88. The van der Waals surface area contributed by atoms with Crippen LogP contribution >= 0.6 is 12.2 Å². The Balaban J connectivity index is 5.27. The molecule has 0 fully saturated rings. The zero-order chi connectivity index (χ0) is 13.8. The highest BCUT2D eigenvalue weighted by molar-refractivity contribution is 8.19. The topological polar surface area (TPSA) is 109 Å². The maximum absolute atomic E-state index is 11.7. The number of thiocarbonyl (C=S) groups is 1. The van der Waals surface area contributed by atoms with Gasteiger partial charge in [0, 0.05) is 0 Å². The van der Waals surface area contributed by atoms with Crippen LogP contribution in [-0.2, 0) is 25.7 Å². The lowest BCUT2D eigenvalue weighted by molar-refractivity contribution is -0.136. The summed E-state index contributed by atoms with van der Waals surface area (Å²) < 4.78 is 42.7. The van der Waals surface area contributed by atoms with Crippen molar-refractivity contribution in [3.63, 3.8) is 0 Å². The molecule has 0 amide bonds. The molecule has 0 aliphatic rings. The first-order chi connectivity index (χ1) is 7.66. The second-order valence-electron chi connectivity index (χ2n) is 3.40. The van der Waals surface area contributed by atoms with Gasteiger partial charge in [0.25, 0.3) is 0 Å². The number of carboxylic acids is 1. The Morgan fingerprint density at radius 2 is 1.94 bits per heavy atom. The second-order valence-corrected chi connectivity index (χ2v) is 7.45. The van der Waals surface area contributed by atoms with E-state index in [9.17, 15) is 17.4 Å². The van der Waals surface area contributed by atoms with Crippen LogP contribution in [-0.4, -0.2) is 43.0 Å². The summed E-state index contributed by atoms with van der Waals surface area (Å²) in [6, 6.07) is 0. The maximum Gasteiger partial charge on any atom is 0.322 e. The summed E-state index contributed by atoms with van der Waals surface area (Å²) in [5.74, 6) is -1.54. The number of carboxylic acid groups (broad SMARTS) is 1. The molecule has 0 spiro atoms. The Morgan fingerprint density at radius 1 is 1.47 bits per heavy atom. The third-order valence-electron chi connectivity index (χ3n) is 2.15. The molecule has 0 rings (SSSR count). The van der Waals surface area contributed by atoms with E-state index in [0.717, 1.165) is 6.92 Å². The summed E-state index contributed by atoms with van der Waals surface area (Å²) in [5, 5.41) is 5.71. The Bertz CT molecular complexity index is 427. The van der Waals surface area contributed by atoms with Gasteiger partial charge in [-0.05, 0) is 13.3 Å². The van der Waals surface area contributed by atoms with Gasteiger partial charge >= 0.3 is 5.97 Å². The van der Waals surface area contributed by atoms with Crippen molar-refractivity contribution < 1.29 is 27.1 Å². The number of carbonyl (C=O) groups is 1. The fourth-order valence-electron chi connectivity index (χ4n) is 1.05. The highest BCUT2D eigenvalue weighted by atomic mass is 32.2. The van der Waals surface area contributed by atoms with Gasteiger partial charge in [-0.25, -0.2) is 12.6 Å². The zero-order valence-corrected chi connectivity index (χ0v) is 11.8. The smallest absolute Gasteiger partial charge is 0.322 e. The van der Waals surface area contributed by atoms with E-state index in [4.69, 9.17) is 9.66 Å². The van der Waals surface area contributed by atoms with E-state index >= 15 is 0 Å². The number of hydrogen-bond acceptors (Lipinski definition) is 5. The van der Waals surface area contributed by atoms with Gasteiger partial charge in [-0.2, -0.15) is 0 Å². The third kappa shape index (κ3) is 4.09. The molecule has 0 aliphatic carbocycles. The van der Waals surface area contributed by atoms with Crippen LogP contribution < -0.4 is 0 Å². The lowest BCUT2D eigenvalue weighted by Crippen LogP contribution is -2.39. The van der Waals surface area contributed by atoms with E-state index in [-0.39, 0.29) is 6.42 Å². The predicted octanol–water partition coefficient (Wildman–Crippen LogP) is 0.592. The fraction of sp³-hybridized carbons (Fsp3) is 0.750. The summed E-state index contributed by atoms with van der Waals surface area (Å²) in [6.45, 7) is 2.68. The Kier molecular flexibility index (Phi) is 6.38. The second kappa shape index (κ2) is 6.53. The molecular weight excluding hydrogens is 288 g/mol. The van der Waals surface area contributed by atoms with Crippen molar-refractivity contribution in [2.45, 2.75) is 37.2 Å². The molecule has 0 radical (unpaired) electrons. The van der Waals surface area contributed by atoms with Crippen molar-refractivity contribution in [3.8, 4) is 0 Å². The highest BCUT2D eigenvalue weighted by Crippen LogP contribution is 2.15. The normalized spacial score (nSPS) is 17.1. The number of aliphatic carboxylic acids is 1. The van der Waals surface area contributed by atoms with Crippen molar-refractivity contribution in [2.24, 2.45) is 0 Å². The van der Waals surface area contributed by atoms with E-state index in [1.807, 2.05) is 0 Å². The van der Waals surface area contributed by atoms with E-state index in [1.165, 1.54) is 0 Å². The summed E-state index contributed by atoms with van der Waals surface area (Å²) in [4.78, 5) is 10.6. The minimum Gasteiger partial charge on any atom is -0.480 e. The Labute approximate surface area is 108 Å². The molecule has 3 atom stereocenters. The zero-order valence-electron chi connectivity index (χ0n) is 9.32. The molecule has 0 aromatic heterocycles. The maximum atomic E-state index is 11.7. The van der Waals surface area contributed by atoms with E-state index in [1.54, 1.807) is 6.92 Å². The van der Waals surface area contributed by atoms with E-state index < -0.39 is 41.6 Å². The molecule has 3 unspecified atom stereocenters. The van der Waals surface area contributed by atoms with E-state index in [0.29, 0.717) is 6.42 Å². The summed E-state index contributed by atoms with van der Waals surface area (Å²) in [7, 11) is -4.23. The van der Waals surface area contributed by atoms with Crippen molar-refractivity contribution in [1.29, 1.82) is 0 Å². The SMILES string of the molecule is CCCC(C(=S)S(=O)(=O)C(C)C(=O)O)S(=O)O. The van der Waals surface area contributed by atoms with Crippen LogP contribution in [0.2, 0.25) is 0 Å². The molecular formula is C8H14O6S3. The van der Waals surface area contributed by atoms with Gasteiger partial charge in [-0.1, -0.05) is 25.6 Å². The van der Waals surface area contributed by atoms with Crippen LogP contribution in [0.15, 0.2) is 0 Å². The number of sulfone groups is 1. The van der Waals surface area contributed by atoms with E-state index in [2.05, 4.69) is 12.2 Å². The van der Waals surface area contributed by atoms with Gasteiger partial charge in [0.15, 0.2) is 26.2 Å².